The molecule has 2 N–H and O–H groups in total. The summed E-state index contributed by atoms with van der Waals surface area (Å²) in [6.45, 7) is 1.40. The molecule has 0 aromatic carbocycles. The van der Waals surface area contributed by atoms with Gasteiger partial charge in [-0.1, -0.05) is 25.3 Å². The van der Waals surface area contributed by atoms with Crippen molar-refractivity contribution in [3.63, 3.8) is 0 Å². The number of hydrogen-bond acceptors (Lipinski definition) is 4. The minimum Gasteiger partial charge on any atom is -0.478 e. The van der Waals surface area contributed by atoms with E-state index in [1.165, 1.54) is 24.7 Å². The van der Waals surface area contributed by atoms with Gasteiger partial charge in [0.1, 0.15) is 0 Å². The molecule has 0 atom stereocenters. The van der Waals surface area contributed by atoms with E-state index in [0.717, 1.165) is 25.7 Å². The van der Waals surface area contributed by atoms with Crippen LogP contribution in [0.3, 0.4) is 0 Å². The largest absolute Gasteiger partial charge is 0.478 e. The second kappa shape index (κ2) is 6.65. The molecular weight excluding hydrogens is 276 g/mol. The zero-order chi connectivity index (χ0) is 14.5. The first-order valence-electron chi connectivity index (χ1n) is 6.75. The number of nitrogens with zero attached hydrogens (tertiary/aromatic N) is 1. The van der Waals surface area contributed by atoms with Gasteiger partial charge in [-0.2, -0.15) is 0 Å². The lowest BCUT2D eigenvalue weighted by Crippen LogP contribution is -2.08. The number of carbonyl (C=O) groups excluding carboxylic acids is 1. The summed E-state index contributed by atoms with van der Waals surface area (Å²) >= 11 is 1.24. The fourth-order valence-corrected chi connectivity index (χ4v) is 3.16. The molecule has 1 heterocycles. The first-order chi connectivity index (χ1) is 9.56. The van der Waals surface area contributed by atoms with Crippen LogP contribution in [0.5, 0.6) is 0 Å². The van der Waals surface area contributed by atoms with Crippen molar-refractivity contribution in [2.75, 3.05) is 5.32 Å². The van der Waals surface area contributed by atoms with Crippen molar-refractivity contribution in [3.8, 4) is 0 Å². The summed E-state index contributed by atoms with van der Waals surface area (Å²) in [5.74, 6) is -0.852. The summed E-state index contributed by atoms with van der Waals surface area (Å²) in [5.41, 5.74) is 0.668. The zero-order valence-corrected chi connectivity index (χ0v) is 12.2. The number of allylic oxidation sites excluding steroid dienone is 1. The van der Waals surface area contributed by atoms with E-state index in [9.17, 15) is 14.7 Å². The van der Waals surface area contributed by atoms with Crippen LogP contribution in [0.25, 0.3) is 5.57 Å². The molecule has 1 aromatic rings. The first kappa shape index (κ1) is 14.7. The number of hydrogen-bond donors (Lipinski definition) is 2. The molecule has 1 aliphatic carbocycles. The zero-order valence-electron chi connectivity index (χ0n) is 11.4. The van der Waals surface area contributed by atoms with Gasteiger partial charge in [0.2, 0.25) is 5.91 Å². The van der Waals surface area contributed by atoms with Gasteiger partial charge in [-0.3, -0.25) is 4.79 Å². The molecule has 2 rings (SSSR count). The molecule has 1 fully saturated rings. The maximum absolute atomic E-state index is 11.4. The number of thiazole rings is 1. The Labute approximate surface area is 121 Å². The molecule has 1 aliphatic rings. The third-order valence-corrected chi connectivity index (χ3v) is 4.10. The molecular formula is C14H18N2O3S. The average molecular weight is 294 g/mol. The van der Waals surface area contributed by atoms with Crippen LogP contribution in [0.1, 0.15) is 44.7 Å². The van der Waals surface area contributed by atoms with Crippen LogP contribution in [-0.2, 0) is 9.59 Å². The lowest BCUT2D eigenvalue weighted by molar-refractivity contribution is -0.130. The molecule has 0 saturated heterocycles. The first-order valence-corrected chi connectivity index (χ1v) is 7.63. The average Bonchev–Trinajstić information content (AvgIpc) is 2.84. The van der Waals surface area contributed by atoms with Gasteiger partial charge in [-0.25, -0.2) is 9.78 Å². The number of nitrogens with one attached hydrogen (secondary N) is 1. The van der Waals surface area contributed by atoms with E-state index in [4.69, 9.17) is 0 Å². The molecule has 1 amide bonds. The number of carboxylic acids is 1. The highest BCUT2D eigenvalue weighted by atomic mass is 32.1. The molecule has 0 aliphatic heterocycles. The van der Waals surface area contributed by atoms with Gasteiger partial charge in [0, 0.05) is 12.3 Å². The number of carboxylic acid groups (broad SMARTS) is 1. The topological polar surface area (TPSA) is 79.3 Å². The third kappa shape index (κ3) is 3.90. The lowest BCUT2D eigenvalue weighted by Gasteiger charge is -2.18. The summed E-state index contributed by atoms with van der Waals surface area (Å²) < 4.78 is 0. The summed E-state index contributed by atoms with van der Waals surface area (Å²) in [6, 6.07) is 0. The molecule has 0 radical (unpaired) electrons. The van der Waals surface area contributed by atoms with Gasteiger partial charge < -0.3 is 10.4 Å². The molecule has 0 unspecified atom stereocenters. The minimum atomic E-state index is -0.963. The number of carbonyl (C=O) groups is 2. The van der Waals surface area contributed by atoms with E-state index in [1.807, 2.05) is 6.08 Å². The molecule has 0 bridgehead atoms. The van der Waals surface area contributed by atoms with Gasteiger partial charge in [0.05, 0.1) is 11.3 Å². The van der Waals surface area contributed by atoms with Crippen LogP contribution in [0.4, 0.5) is 5.13 Å². The smallest absolute Gasteiger partial charge is 0.337 e. The molecule has 20 heavy (non-hydrogen) atoms. The fourth-order valence-electron chi connectivity index (χ4n) is 2.41. The molecule has 108 valence electrons. The van der Waals surface area contributed by atoms with Crippen LogP contribution in [0.15, 0.2) is 11.5 Å². The fraction of sp³-hybridized carbons (Fsp3) is 0.500. The van der Waals surface area contributed by atoms with E-state index < -0.39 is 5.97 Å². The summed E-state index contributed by atoms with van der Waals surface area (Å²) in [7, 11) is 0. The Morgan fingerprint density at radius 3 is 2.70 bits per heavy atom. The predicted octanol–water partition coefficient (Wildman–Crippen LogP) is 3.15. The van der Waals surface area contributed by atoms with Crippen molar-refractivity contribution >= 4 is 33.9 Å². The molecule has 1 aromatic heterocycles. The van der Waals surface area contributed by atoms with Crippen LogP contribution in [0, 0.1) is 5.92 Å². The number of rotatable bonds is 4. The Kier molecular flexibility index (Phi) is 4.89. The van der Waals surface area contributed by atoms with Crippen LogP contribution in [-0.4, -0.2) is 22.0 Å². The summed E-state index contributed by atoms with van der Waals surface area (Å²) in [6.07, 6.45) is 7.45. The second-order valence-corrected chi connectivity index (χ2v) is 5.86. The van der Waals surface area contributed by atoms with Crippen LogP contribution < -0.4 is 5.32 Å². The Bertz CT molecular complexity index is 530. The van der Waals surface area contributed by atoms with Gasteiger partial charge in [-0.05, 0) is 18.8 Å². The Balaban J connectivity index is 2.19. The van der Waals surface area contributed by atoms with E-state index in [2.05, 4.69) is 10.3 Å². The van der Waals surface area contributed by atoms with Crippen LogP contribution in [0.2, 0.25) is 0 Å². The van der Waals surface area contributed by atoms with Gasteiger partial charge >= 0.3 is 5.97 Å². The molecule has 5 nitrogen and oxygen atoms in total. The monoisotopic (exact) mass is 294 g/mol. The maximum Gasteiger partial charge on any atom is 0.337 e. The Hall–Kier alpha value is -1.69. The molecule has 6 heteroatoms. The highest BCUT2D eigenvalue weighted by Gasteiger charge is 2.19. The highest BCUT2D eigenvalue weighted by molar-refractivity contribution is 7.14. The maximum atomic E-state index is 11.4. The minimum absolute atomic E-state index is 0.209. The number of anilines is 1. The highest BCUT2D eigenvalue weighted by Crippen LogP contribution is 2.29. The summed E-state index contributed by atoms with van der Waals surface area (Å²) in [4.78, 5) is 26.6. The quantitative estimate of drug-likeness (QED) is 0.836. The predicted molar refractivity (Wildman–Crippen MR) is 78.6 cm³/mol. The Morgan fingerprint density at radius 2 is 2.10 bits per heavy atom. The Morgan fingerprint density at radius 1 is 1.40 bits per heavy atom. The summed E-state index contributed by atoms with van der Waals surface area (Å²) in [5, 5.41) is 14.0. The van der Waals surface area contributed by atoms with Crippen molar-refractivity contribution < 1.29 is 14.7 Å². The third-order valence-electron chi connectivity index (χ3n) is 3.35. The van der Waals surface area contributed by atoms with E-state index in [0.29, 0.717) is 16.7 Å². The van der Waals surface area contributed by atoms with Gasteiger partial charge in [-0.15, -0.1) is 11.3 Å². The number of amides is 1. The SMILES string of the molecule is CC(=O)Nc1nc(C(=CC2CCCCC2)C(=O)O)cs1. The van der Waals surface area contributed by atoms with Crippen molar-refractivity contribution in [2.45, 2.75) is 39.0 Å². The lowest BCUT2D eigenvalue weighted by atomic mass is 9.87. The standard InChI is InChI=1S/C14H18N2O3S/c1-9(17)15-14-16-12(8-20-14)11(13(18)19)7-10-5-3-2-4-6-10/h7-8,10H,2-6H2,1H3,(H,18,19)(H,15,16,17). The normalized spacial score (nSPS) is 16.9. The van der Waals surface area contributed by atoms with Crippen molar-refractivity contribution in [1.29, 1.82) is 0 Å². The van der Waals surface area contributed by atoms with Crippen molar-refractivity contribution in [2.24, 2.45) is 5.92 Å². The number of aromatic nitrogens is 1. The second-order valence-electron chi connectivity index (χ2n) is 5.00. The van der Waals surface area contributed by atoms with Crippen LogP contribution >= 0.6 is 11.3 Å². The van der Waals surface area contributed by atoms with Gasteiger partial charge in [0.15, 0.2) is 5.13 Å². The van der Waals surface area contributed by atoms with E-state index >= 15 is 0 Å². The molecule has 1 saturated carbocycles. The van der Waals surface area contributed by atoms with E-state index in [-0.39, 0.29) is 11.5 Å². The number of aliphatic carboxylic acids is 1. The van der Waals surface area contributed by atoms with E-state index in [1.54, 1.807) is 5.38 Å². The van der Waals surface area contributed by atoms with Crippen molar-refractivity contribution in [3.05, 3.63) is 17.2 Å². The molecule has 0 spiro atoms. The van der Waals surface area contributed by atoms with Crippen molar-refractivity contribution in [1.82, 2.24) is 4.98 Å². The van der Waals surface area contributed by atoms with Gasteiger partial charge in [0.25, 0.3) is 0 Å².